The summed E-state index contributed by atoms with van der Waals surface area (Å²) in [6.45, 7) is 5.72. The van der Waals surface area contributed by atoms with Gasteiger partial charge in [-0.2, -0.15) is 0 Å². The fraction of sp³-hybridized carbons (Fsp3) is 0.304. The molecule has 2 aliphatic rings. The molecule has 1 unspecified atom stereocenters. The number of aliphatic hydroxyl groups is 1. The molecule has 2 aliphatic carbocycles. The quantitative estimate of drug-likeness (QED) is 0.454. The first-order valence-corrected chi connectivity index (χ1v) is 9.50. The van der Waals surface area contributed by atoms with E-state index in [0.717, 1.165) is 6.42 Å². The number of ether oxygens (including phenoxy) is 1. The smallest absolute Gasteiger partial charge is 0.202 e. The van der Waals surface area contributed by atoms with Crippen LogP contribution in [0.25, 0.3) is 0 Å². The second kappa shape index (κ2) is 8.09. The van der Waals surface area contributed by atoms with Crippen molar-refractivity contribution < 1.29 is 29.6 Å². The van der Waals surface area contributed by atoms with Gasteiger partial charge in [-0.1, -0.05) is 18.2 Å². The molecule has 1 atom stereocenters. The van der Waals surface area contributed by atoms with E-state index in [1.165, 1.54) is 13.2 Å². The van der Waals surface area contributed by atoms with Crippen LogP contribution in [0, 0.1) is 5.92 Å². The Morgan fingerprint density at radius 1 is 1.10 bits per heavy atom. The van der Waals surface area contributed by atoms with E-state index in [4.69, 9.17) is 9.84 Å². The van der Waals surface area contributed by atoms with Gasteiger partial charge in [-0.15, -0.1) is 6.58 Å². The second-order valence-electron chi connectivity index (χ2n) is 7.00. The molecule has 0 saturated carbocycles. The van der Waals surface area contributed by atoms with Crippen LogP contribution in [0.5, 0.6) is 17.2 Å². The van der Waals surface area contributed by atoms with Gasteiger partial charge in [0.2, 0.25) is 5.78 Å². The molecule has 0 spiro atoms. The Labute approximate surface area is 169 Å². The molecular formula is C23H24O6. The van der Waals surface area contributed by atoms with Crippen LogP contribution in [-0.2, 0) is 12.8 Å². The number of phenolic OH excluding ortho intramolecular Hbond substituents is 2. The number of allylic oxidation sites excluding steroid dienone is 1. The first kappa shape index (κ1) is 20.6. The summed E-state index contributed by atoms with van der Waals surface area (Å²) in [6.07, 6.45) is 3.58. The molecule has 4 rings (SSSR count). The van der Waals surface area contributed by atoms with Crippen molar-refractivity contribution in [3.8, 4) is 17.2 Å². The molecule has 152 valence electrons. The van der Waals surface area contributed by atoms with Crippen molar-refractivity contribution in [1.29, 1.82) is 0 Å². The molecule has 0 amide bonds. The predicted molar refractivity (Wildman–Crippen MR) is 108 cm³/mol. The molecule has 0 heterocycles. The minimum Gasteiger partial charge on any atom is -0.507 e. The second-order valence-corrected chi connectivity index (χ2v) is 7.00. The predicted octanol–water partition coefficient (Wildman–Crippen LogP) is 3.17. The Bertz CT molecular complexity index is 1010. The van der Waals surface area contributed by atoms with Crippen molar-refractivity contribution in [1.82, 2.24) is 0 Å². The fourth-order valence-corrected chi connectivity index (χ4v) is 4.04. The van der Waals surface area contributed by atoms with E-state index in [-0.39, 0.29) is 52.0 Å². The molecule has 0 fully saturated rings. The van der Waals surface area contributed by atoms with Crippen LogP contribution in [0.1, 0.15) is 56.3 Å². The summed E-state index contributed by atoms with van der Waals surface area (Å²) >= 11 is 0. The SMILES string of the molecule is C=CC1CCc2c(O)c3c(c(O)c2C1)C(=O)c1cccc(OC)c1C3=O.CCO. The first-order chi connectivity index (χ1) is 13.9. The highest BCUT2D eigenvalue weighted by Gasteiger charge is 2.40. The molecule has 3 N–H and O–H groups in total. The minimum absolute atomic E-state index is 0.114. The average Bonchev–Trinajstić information content (AvgIpc) is 2.74. The maximum atomic E-state index is 13.1. The lowest BCUT2D eigenvalue weighted by Gasteiger charge is -2.28. The molecule has 2 aromatic rings. The summed E-state index contributed by atoms with van der Waals surface area (Å²) in [4.78, 5) is 26.1. The van der Waals surface area contributed by atoms with E-state index < -0.39 is 11.6 Å². The van der Waals surface area contributed by atoms with Crippen molar-refractivity contribution >= 4 is 11.6 Å². The number of methoxy groups -OCH3 is 1. The van der Waals surface area contributed by atoms with Gasteiger partial charge in [0.15, 0.2) is 5.78 Å². The summed E-state index contributed by atoms with van der Waals surface area (Å²) in [5, 5.41) is 29.2. The Kier molecular flexibility index (Phi) is 5.75. The zero-order chi connectivity index (χ0) is 21.3. The number of benzene rings is 2. The van der Waals surface area contributed by atoms with Crippen LogP contribution in [0.3, 0.4) is 0 Å². The highest BCUT2D eigenvalue weighted by Crippen LogP contribution is 2.47. The maximum Gasteiger partial charge on any atom is 0.202 e. The van der Waals surface area contributed by atoms with Crippen molar-refractivity contribution in [2.24, 2.45) is 5.92 Å². The van der Waals surface area contributed by atoms with Gasteiger partial charge in [0.25, 0.3) is 0 Å². The highest BCUT2D eigenvalue weighted by molar-refractivity contribution is 6.31. The molecule has 2 aromatic carbocycles. The Morgan fingerprint density at radius 3 is 2.34 bits per heavy atom. The average molecular weight is 396 g/mol. The number of aromatic hydroxyl groups is 2. The number of ketones is 2. The van der Waals surface area contributed by atoms with Crippen molar-refractivity contribution in [3.63, 3.8) is 0 Å². The van der Waals surface area contributed by atoms with E-state index in [1.807, 2.05) is 6.08 Å². The van der Waals surface area contributed by atoms with E-state index in [2.05, 4.69) is 6.58 Å². The third-order valence-corrected chi connectivity index (χ3v) is 5.40. The van der Waals surface area contributed by atoms with Crippen LogP contribution < -0.4 is 4.74 Å². The lowest BCUT2D eigenvalue weighted by Crippen LogP contribution is -2.24. The van der Waals surface area contributed by atoms with Crippen molar-refractivity contribution in [2.75, 3.05) is 13.7 Å². The number of carbonyl (C=O) groups is 2. The van der Waals surface area contributed by atoms with Gasteiger partial charge in [-0.25, -0.2) is 0 Å². The van der Waals surface area contributed by atoms with Crippen LogP contribution >= 0.6 is 0 Å². The van der Waals surface area contributed by atoms with Crippen LogP contribution in [-0.4, -0.2) is 40.6 Å². The molecule has 0 saturated heterocycles. The van der Waals surface area contributed by atoms with Gasteiger partial charge < -0.3 is 20.1 Å². The number of aliphatic hydroxyl groups excluding tert-OH is 1. The van der Waals surface area contributed by atoms with Gasteiger partial charge in [-0.3, -0.25) is 9.59 Å². The molecule has 29 heavy (non-hydrogen) atoms. The summed E-state index contributed by atoms with van der Waals surface area (Å²) in [7, 11) is 1.42. The molecule has 0 aliphatic heterocycles. The van der Waals surface area contributed by atoms with E-state index in [9.17, 15) is 19.8 Å². The third-order valence-electron chi connectivity index (χ3n) is 5.40. The lowest BCUT2D eigenvalue weighted by molar-refractivity contribution is 0.0971. The summed E-state index contributed by atoms with van der Waals surface area (Å²) in [5.41, 5.74) is 1.13. The Hall–Kier alpha value is -3.12. The van der Waals surface area contributed by atoms with Crippen molar-refractivity contribution in [3.05, 3.63) is 64.2 Å². The highest BCUT2D eigenvalue weighted by atomic mass is 16.5. The van der Waals surface area contributed by atoms with Crippen molar-refractivity contribution in [2.45, 2.75) is 26.2 Å². The summed E-state index contributed by atoms with van der Waals surface area (Å²) < 4.78 is 5.23. The summed E-state index contributed by atoms with van der Waals surface area (Å²) in [6, 6.07) is 4.75. The minimum atomic E-state index is -0.506. The maximum absolute atomic E-state index is 13.1. The number of carbonyl (C=O) groups excluding carboxylic acids is 2. The molecule has 0 aromatic heterocycles. The van der Waals surface area contributed by atoms with Gasteiger partial charge in [0.1, 0.15) is 17.2 Å². The van der Waals surface area contributed by atoms with E-state index in [1.54, 1.807) is 19.1 Å². The van der Waals surface area contributed by atoms with Crippen LogP contribution in [0.2, 0.25) is 0 Å². The largest absolute Gasteiger partial charge is 0.507 e. The third kappa shape index (κ3) is 3.19. The number of fused-ring (bicyclic) bond motifs is 3. The normalized spacial score (nSPS) is 16.7. The monoisotopic (exact) mass is 396 g/mol. The first-order valence-electron chi connectivity index (χ1n) is 9.50. The lowest BCUT2D eigenvalue weighted by atomic mass is 9.75. The topological polar surface area (TPSA) is 104 Å². The van der Waals surface area contributed by atoms with Gasteiger partial charge in [-0.05, 0) is 38.2 Å². The standard InChI is InChI=1S/C21H18O5.C2H6O/c1-3-10-7-8-11-13(9-10)20(24)16-17(18(11)22)21(25)15-12(19(16)23)5-4-6-14(15)26-2;1-2-3/h3-6,10,22,24H,1,7-9H2,2H3;3H,2H2,1H3. The van der Waals surface area contributed by atoms with E-state index >= 15 is 0 Å². The fourth-order valence-electron chi connectivity index (χ4n) is 4.04. The number of hydrogen-bond acceptors (Lipinski definition) is 6. The zero-order valence-electron chi connectivity index (χ0n) is 16.5. The van der Waals surface area contributed by atoms with Gasteiger partial charge in [0.05, 0.1) is 23.8 Å². The van der Waals surface area contributed by atoms with Gasteiger partial charge in [0, 0.05) is 23.3 Å². The molecule has 0 bridgehead atoms. The summed E-state index contributed by atoms with van der Waals surface area (Å²) in [5.74, 6) is -0.961. The molecular weight excluding hydrogens is 372 g/mol. The number of rotatable bonds is 2. The Balaban J connectivity index is 0.000000755. The number of hydrogen-bond donors (Lipinski definition) is 3. The number of phenols is 2. The molecule has 6 heteroatoms. The van der Waals surface area contributed by atoms with Crippen LogP contribution in [0.4, 0.5) is 0 Å². The van der Waals surface area contributed by atoms with E-state index in [0.29, 0.717) is 24.0 Å². The van der Waals surface area contributed by atoms with Gasteiger partial charge >= 0.3 is 0 Å². The Morgan fingerprint density at radius 2 is 1.72 bits per heavy atom. The zero-order valence-corrected chi connectivity index (χ0v) is 16.5. The van der Waals surface area contributed by atoms with Crippen LogP contribution in [0.15, 0.2) is 30.9 Å². The molecule has 6 nitrogen and oxygen atoms in total. The molecule has 0 radical (unpaired) electrons.